The fourth-order valence-corrected chi connectivity index (χ4v) is 2.32. The second kappa shape index (κ2) is 8.91. The average molecular weight is 366 g/mol. The molecule has 0 aliphatic heterocycles. The zero-order valence-corrected chi connectivity index (χ0v) is 14.0. The number of halogens is 4. The van der Waals surface area contributed by atoms with E-state index < -0.39 is 29.5 Å². The summed E-state index contributed by atoms with van der Waals surface area (Å²) in [6.07, 6.45) is -2.53. The largest absolute Gasteiger partial charge is 0.419 e. The van der Waals surface area contributed by atoms with Gasteiger partial charge in [-0.05, 0) is 36.6 Å². The molecule has 4 nitrogen and oxygen atoms in total. The van der Waals surface area contributed by atoms with Crippen molar-refractivity contribution in [2.45, 2.75) is 32.0 Å². The van der Waals surface area contributed by atoms with E-state index >= 15 is 0 Å². The highest BCUT2D eigenvalue weighted by molar-refractivity contribution is 7.98. The van der Waals surface area contributed by atoms with Crippen LogP contribution in [0.5, 0.6) is 0 Å². The van der Waals surface area contributed by atoms with Crippen LogP contribution in [0.3, 0.4) is 0 Å². The van der Waals surface area contributed by atoms with Gasteiger partial charge in [0, 0.05) is 12.1 Å². The van der Waals surface area contributed by atoms with Gasteiger partial charge in [0.15, 0.2) is 0 Å². The van der Waals surface area contributed by atoms with E-state index in [4.69, 9.17) is 0 Å². The lowest BCUT2D eigenvalue weighted by molar-refractivity contribution is -0.140. The molecule has 0 fully saturated rings. The SMILES string of the molecule is CCC(=O)N[C@H](CCSC)C(=O)Nc1ccc(F)c(C(F)(F)F)c1. The molecule has 0 saturated carbocycles. The van der Waals surface area contributed by atoms with Gasteiger partial charge in [-0.3, -0.25) is 9.59 Å². The first kappa shape index (κ1) is 20.3. The Hall–Kier alpha value is -1.77. The van der Waals surface area contributed by atoms with Gasteiger partial charge in [-0.15, -0.1) is 0 Å². The second-order valence-corrected chi connectivity index (χ2v) is 5.92. The van der Waals surface area contributed by atoms with Crippen LogP contribution in [0.1, 0.15) is 25.3 Å². The standard InChI is InChI=1S/C15H18F4N2O2S/c1-3-13(22)21-12(6-7-24-2)14(23)20-9-4-5-11(16)10(8-9)15(17,18)19/h4-5,8,12H,3,6-7H2,1-2H3,(H,20,23)(H,21,22)/t12-/m1/s1. The molecule has 0 radical (unpaired) electrons. The maximum atomic E-state index is 13.3. The Morgan fingerprint density at radius 3 is 2.50 bits per heavy atom. The summed E-state index contributed by atoms with van der Waals surface area (Å²) in [6, 6.07) is 1.33. The Kier molecular flexibility index (Phi) is 7.53. The summed E-state index contributed by atoms with van der Waals surface area (Å²) in [5, 5.41) is 4.81. The van der Waals surface area contributed by atoms with Crippen molar-refractivity contribution in [1.29, 1.82) is 0 Å². The Labute approximate surface area is 141 Å². The molecule has 0 aliphatic carbocycles. The molecule has 0 heterocycles. The zero-order valence-electron chi connectivity index (χ0n) is 13.2. The minimum absolute atomic E-state index is 0.178. The van der Waals surface area contributed by atoms with Gasteiger partial charge in [-0.25, -0.2) is 4.39 Å². The van der Waals surface area contributed by atoms with Crippen molar-refractivity contribution < 1.29 is 27.2 Å². The first-order valence-corrected chi connectivity index (χ1v) is 8.54. The molecular formula is C15H18F4N2O2S. The summed E-state index contributed by atoms with van der Waals surface area (Å²) in [6.45, 7) is 1.62. The lowest BCUT2D eigenvalue weighted by Crippen LogP contribution is -2.44. The van der Waals surface area contributed by atoms with Gasteiger partial charge in [0.2, 0.25) is 11.8 Å². The zero-order chi connectivity index (χ0) is 18.3. The summed E-state index contributed by atoms with van der Waals surface area (Å²) < 4.78 is 51.3. The van der Waals surface area contributed by atoms with Crippen LogP contribution >= 0.6 is 11.8 Å². The summed E-state index contributed by atoms with van der Waals surface area (Å²) in [4.78, 5) is 23.7. The molecule has 0 aromatic heterocycles. The molecule has 0 aliphatic rings. The number of carbonyl (C=O) groups excluding carboxylic acids is 2. The Balaban J connectivity index is 2.91. The number of hydrogen-bond acceptors (Lipinski definition) is 3. The van der Waals surface area contributed by atoms with Gasteiger partial charge >= 0.3 is 6.18 Å². The van der Waals surface area contributed by atoms with Gasteiger partial charge < -0.3 is 10.6 Å². The highest BCUT2D eigenvalue weighted by atomic mass is 32.2. The maximum absolute atomic E-state index is 13.3. The number of benzene rings is 1. The number of nitrogens with one attached hydrogen (secondary N) is 2. The molecule has 0 bridgehead atoms. The smallest absolute Gasteiger partial charge is 0.344 e. The molecule has 0 spiro atoms. The molecule has 2 amide bonds. The molecule has 2 N–H and O–H groups in total. The second-order valence-electron chi connectivity index (χ2n) is 4.94. The molecule has 24 heavy (non-hydrogen) atoms. The van der Waals surface area contributed by atoms with Crippen LogP contribution in [0.25, 0.3) is 0 Å². The van der Waals surface area contributed by atoms with E-state index in [0.29, 0.717) is 24.3 Å². The van der Waals surface area contributed by atoms with E-state index in [1.807, 2.05) is 6.26 Å². The minimum atomic E-state index is -4.86. The Morgan fingerprint density at radius 1 is 1.29 bits per heavy atom. The summed E-state index contributed by atoms with van der Waals surface area (Å²) >= 11 is 1.47. The van der Waals surface area contributed by atoms with Crippen molar-refractivity contribution in [1.82, 2.24) is 5.32 Å². The molecule has 9 heteroatoms. The maximum Gasteiger partial charge on any atom is 0.419 e. The quantitative estimate of drug-likeness (QED) is 0.727. The van der Waals surface area contributed by atoms with E-state index in [1.54, 1.807) is 6.92 Å². The van der Waals surface area contributed by atoms with Crippen molar-refractivity contribution >= 4 is 29.3 Å². The van der Waals surface area contributed by atoms with Gasteiger partial charge in [0.25, 0.3) is 0 Å². The summed E-state index contributed by atoms with van der Waals surface area (Å²) in [5.41, 5.74) is -1.65. The minimum Gasteiger partial charge on any atom is -0.344 e. The van der Waals surface area contributed by atoms with E-state index in [0.717, 1.165) is 6.07 Å². The van der Waals surface area contributed by atoms with Gasteiger partial charge in [0.05, 0.1) is 5.56 Å². The Bertz CT molecular complexity index is 593. The number of amides is 2. The Morgan fingerprint density at radius 2 is 1.96 bits per heavy atom. The third-order valence-corrected chi connectivity index (χ3v) is 3.77. The number of anilines is 1. The fraction of sp³-hybridized carbons (Fsp3) is 0.467. The average Bonchev–Trinajstić information content (AvgIpc) is 2.51. The molecule has 1 atom stereocenters. The topological polar surface area (TPSA) is 58.2 Å². The van der Waals surface area contributed by atoms with Crippen LogP contribution in [-0.4, -0.2) is 29.9 Å². The van der Waals surface area contributed by atoms with E-state index in [2.05, 4.69) is 10.6 Å². The molecule has 134 valence electrons. The van der Waals surface area contributed by atoms with Crippen molar-refractivity contribution in [3.05, 3.63) is 29.6 Å². The number of rotatable bonds is 7. The summed E-state index contributed by atoms with van der Waals surface area (Å²) in [7, 11) is 0. The van der Waals surface area contributed by atoms with E-state index in [9.17, 15) is 27.2 Å². The molecule has 1 rings (SSSR count). The normalized spacial score (nSPS) is 12.6. The molecule has 0 unspecified atom stereocenters. The van der Waals surface area contributed by atoms with Gasteiger partial charge in [0.1, 0.15) is 11.9 Å². The van der Waals surface area contributed by atoms with Crippen LogP contribution in [0.2, 0.25) is 0 Å². The van der Waals surface area contributed by atoms with Crippen LogP contribution in [0, 0.1) is 5.82 Å². The van der Waals surface area contributed by atoms with Crippen molar-refractivity contribution in [3.8, 4) is 0 Å². The number of hydrogen-bond donors (Lipinski definition) is 2. The van der Waals surface area contributed by atoms with Crippen LogP contribution in [0.15, 0.2) is 18.2 Å². The van der Waals surface area contributed by atoms with Crippen LogP contribution < -0.4 is 10.6 Å². The number of thioether (sulfide) groups is 1. The van der Waals surface area contributed by atoms with Gasteiger partial charge in [-0.1, -0.05) is 6.92 Å². The van der Waals surface area contributed by atoms with Crippen LogP contribution in [-0.2, 0) is 15.8 Å². The highest BCUT2D eigenvalue weighted by Gasteiger charge is 2.34. The van der Waals surface area contributed by atoms with E-state index in [-0.39, 0.29) is 18.0 Å². The predicted molar refractivity (Wildman–Crippen MR) is 85.3 cm³/mol. The first-order valence-electron chi connectivity index (χ1n) is 7.15. The highest BCUT2D eigenvalue weighted by Crippen LogP contribution is 2.33. The first-order chi connectivity index (χ1) is 11.2. The molecule has 1 aromatic rings. The van der Waals surface area contributed by atoms with Gasteiger partial charge in [-0.2, -0.15) is 24.9 Å². The number of alkyl halides is 3. The molecule has 1 aromatic carbocycles. The molecule has 0 saturated heterocycles. The fourth-order valence-electron chi connectivity index (χ4n) is 1.85. The predicted octanol–water partition coefficient (Wildman–Crippen LogP) is 3.43. The van der Waals surface area contributed by atoms with Crippen LogP contribution in [0.4, 0.5) is 23.2 Å². The monoisotopic (exact) mass is 366 g/mol. The van der Waals surface area contributed by atoms with Crippen molar-refractivity contribution in [2.75, 3.05) is 17.3 Å². The number of carbonyl (C=O) groups is 2. The lowest BCUT2D eigenvalue weighted by Gasteiger charge is -2.18. The third kappa shape index (κ3) is 6.03. The third-order valence-electron chi connectivity index (χ3n) is 3.12. The molecular weight excluding hydrogens is 348 g/mol. The van der Waals surface area contributed by atoms with Crippen molar-refractivity contribution in [2.24, 2.45) is 0 Å². The van der Waals surface area contributed by atoms with Crippen molar-refractivity contribution in [3.63, 3.8) is 0 Å². The summed E-state index contributed by atoms with van der Waals surface area (Å²) in [5.74, 6) is -1.82. The lowest BCUT2D eigenvalue weighted by atomic mass is 10.1. The van der Waals surface area contributed by atoms with E-state index in [1.165, 1.54) is 11.8 Å².